The summed E-state index contributed by atoms with van der Waals surface area (Å²) in [6, 6.07) is 7.20. The molecule has 0 aliphatic carbocycles. The van der Waals surface area contributed by atoms with Crippen molar-refractivity contribution in [2.45, 2.75) is 11.5 Å². The van der Waals surface area contributed by atoms with Gasteiger partial charge in [0.25, 0.3) is 0 Å². The standard InChI is InChI=1S/C12H13N3O3S/c1-14-11(13-7-12(14)15(16)17)8-18-9-3-5-10(19-2)6-4-9/h3-7H,8H2,1-2H3/i1D3. The zero-order valence-electron chi connectivity index (χ0n) is 13.1. The predicted molar refractivity (Wildman–Crippen MR) is 72.4 cm³/mol. The van der Waals surface area contributed by atoms with E-state index >= 15 is 0 Å². The fourth-order valence-corrected chi connectivity index (χ4v) is 1.84. The van der Waals surface area contributed by atoms with Gasteiger partial charge in [-0.25, -0.2) is 9.55 Å². The van der Waals surface area contributed by atoms with Gasteiger partial charge in [-0.05, 0) is 35.4 Å². The molecule has 0 bridgehead atoms. The molecule has 7 heteroatoms. The molecule has 0 saturated heterocycles. The zero-order chi connectivity index (χ0) is 16.3. The van der Waals surface area contributed by atoms with E-state index in [-0.39, 0.29) is 12.4 Å². The maximum atomic E-state index is 10.9. The summed E-state index contributed by atoms with van der Waals surface area (Å²) in [6.07, 6.45) is 2.87. The van der Waals surface area contributed by atoms with Gasteiger partial charge in [0, 0.05) is 4.90 Å². The molecular formula is C12H13N3O3S. The van der Waals surface area contributed by atoms with Crippen LogP contribution in [0.1, 0.15) is 9.94 Å². The lowest BCUT2D eigenvalue weighted by atomic mass is 10.3. The number of imidazole rings is 1. The Morgan fingerprint density at radius 1 is 1.53 bits per heavy atom. The Morgan fingerprint density at radius 3 is 2.84 bits per heavy atom. The van der Waals surface area contributed by atoms with Crippen LogP contribution in [0.25, 0.3) is 0 Å². The van der Waals surface area contributed by atoms with Crippen molar-refractivity contribution < 1.29 is 13.8 Å². The quantitative estimate of drug-likeness (QED) is 0.479. The normalized spacial score (nSPS) is 13.4. The van der Waals surface area contributed by atoms with Gasteiger partial charge in [0.1, 0.15) is 11.9 Å². The number of hydrogen-bond donors (Lipinski definition) is 0. The molecule has 0 radical (unpaired) electrons. The molecule has 100 valence electrons. The summed E-state index contributed by atoms with van der Waals surface area (Å²) in [5.41, 5.74) is 0. The molecule has 0 aliphatic heterocycles. The SMILES string of the molecule is [2H]C([2H])([2H])n1c([N+](=O)[O-])cnc1COc1ccc(SC)cc1. The van der Waals surface area contributed by atoms with E-state index in [0.717, 1.165) is 11.1 Å². The van der Waals surface area contributed by atoms with Crippen molar-refractivity contribution >= 4 is 17.6 Å². The molecule has 2 aromatic rings. The van der Waals surface area contributed by atoms with Gasteiger partial charge >= 0.3 is 5.82 Å². The van der Waals surface area contributed by atoms with E-state index < -0.39 is 17.7 Å². The average molecular weight is 282 g/mol. The summed E-state index contributed by atoms with van der Waals surface area (Å²) < 4.78 is 28.2. The van der Waals surface area contributed by atoms with E-state index in [4.69, 9.17) is 8.85 Å². The monoisotopic (exact) mass is 282 g/mol. The molecule has 0 aliphatic rings. The summed E-state index contributed by atoms with van der Waals surface area (Å²) in [7, 11) is 0. The van der Waals surface area contributed by atoms with E-state index in [2.05, 4.69) is 4.98 Å². The topological polar surface area (TPSA) is 70.2 Å². The van der Waals surface area contributed by atoms with Gasteiger partial charge in [0.05, 0.1) is 11.1 Å². The third kappa shape index (κ3) is 3.05. The Morgan fingerprint density at radius 2 is 2.26 bits per heavy atom. The van der Waals surface area contributed by atoms with E-state index in [1.165, 1.54) is 0 Å². The number of aromatic nitrogens is 2. The predicted octanol–water partition coefficient (Wildman–Crippen LogP) is 2.63. The Hall–Kier alpha value is -2.02. The molecule has 19 heavy (non-hydrogen) atoms. The number of benzene rings is 1. The minimum absolute atomic E-state index is 0.0272. The molecule has 1 aromatic carbocycles. The molecule has 2 rings (SSSR count). The van der Waals surface area contributed by atoms with Crippen molar-refractivity contribution in [3.63, 3.8) is 0 Å². The zero-order valence-corrected chi connectivity index (χ0v) is 10.9. The third-order valence-corrected chi connectivity index (χ3v) is 3.17. The lowest BCUT2D eigenvalue weighted by Gasteiger charge is -2.05. The maximum absolute atomic E-state index is 10.9. The Balaban J connectivity index is 2.20. The first-order chi connectivity index (χ1) is 10.3. The van der Waals surface area contributed by atoms with Gasteiger partial charge in [-0.2, -0.15) is 0 Å². The molecule has 0 saturated carbocycles. The molecule has 1 aromatic heterocycles. The van der Waals surface area contributed by atoms with E-state index in [9.17, 15) is 10.1 Å². The Bertz CT molecular complexity index is 670. The molecule has 1 heterocycles. The number of hydrogen-bond acceptors (Lipinski definition) is 5. The van der Waals surface area contributed by atoms with Crippen LogP contribution in [0.15, 0.2) is 35.4 Å². The third-order valence-electron chi connectivity index (χ3n) is 2.43. The molecular weight excluding hydrogens is 266 g/mol. The van der Waals surface area contributed by atoms with Crippen LogP contribution >= 0.6 is 11.8 Å². The van der Waals surface area contributed by atoms with Crippen LogP contribution in [-0.2, 0) is 13.6 Å². The maximum Gasteiger partial charge on any atom is 0.342 e. The minimum Gasteiger partial charge on any atom is -0.483 e. The van der Waals surface area contributed by atoms with Crippen LogP contribution < -0.4 is 4.74 Å². The fourth-order valence-electron chi connectivity index (χ4n) is 1.43. The van der Waals surface area contributed by atoms with Crippen molar-refractivity contribution in [3.05, 3.63) is 46.4 Å². The van der Waals surface area contributed by atoms with Crippen LogP contribution in [0.4, 0.5) is 5.82 Å². The summed E-state index contributed by atoms with van der Waals surface area (Å²) in [5, 5.41) is 10.9. The first kappa shape index (κ1) is 9.85. The number of rotatable bonds is 5. The summed E-state index contributed by atoms with van der Waals surface area (Å²) in [4.78, 5) is 14.9. The lowest BCUT2D eigenvalue weighted by molar-refractivity contribution is -0.391. The summed E-state index contributed by atoms with van der Waals surface area (Å²) in [6.45, 7) is -2.87. The second kappa shape index (κ2) is 5.75. The van der Waals surface area contributed by atoms with Crippen LogP contribution in [0, 0.1) is 10.1 Å². The molecule has 0 spiro atoms. The smallest absolute Gasteiger partial charge is 0.342 e. The van der Waals surface area contributed by atoms with Gasteiger partial charge < -0.3 is 14.9 Å². The van der Waals surface area contributed by atoms with Crippen LogP contribution in [0.3, 0.4) is 0 Å². The van der Waals surface area contributed by atoms with Gasteiger partial charge in [-0.1, -0.05) is 0 Å². The lowest BCUT2D eigenvalue weighted by Crippen LogP contribution is -2.05. The van der Waals surface area contributed by atoms with E-state index in [1.54, 1.807) is 23.9 Å². The molecule has 0 N–H and O–H groups in total. The Labute approximate surface area is 118 Å². The van der Waals surface area contributed by atoms with Gasteiger partial charge in [0.15, 0.2) is 6.61 Å². The van der Waals surface area contributed by atoms with Crippen LogP contribution in [-0.4, -0.2) is 20.7 Å². The fraction of sp³-hybridized carbons (Fsp3) is 0.250. The van der Waals surface area contributed by atoms with Gasteiger partial charge in [-0.15, -0.1) is 11.8 Å². The molecule has 0 unspecified atom stereocenters. The minimum atomic E-state index is -2.69. The first-order valence-electron chi connectivity index (χ1n) is 6.81. The van der Waals surface area contributed by atoms with Crippen molar-refractivity contribution in [2.24, 2.45) is 6.98 Å². The number of thioether (sulfide) groups is 1. The average Bonchev–Trinajstić information content (AvgIpc) is 2.90. The molecule has 0 atom stereocenters. The summed E-state index contributed by atoms with van der Waals surface area (Å²) in [5.74, 6) is -0.0856. The molecule has 0 fully saturated rings. The highest BCUT2D eigenvalue weighted by Gasteiger charge is 2.16. The molecule has 6 nitrogen and oxygen atoms in total. The van der Waals surface area contributed by atoms with E-state index in [1.807, 2.05) is 18.4 Å². The highest BCUT2D eigenvalue weighted by molar-refractivity contribution is 7.98. The highest BCUT2D eigenvalue weighted by atomic mass is 32.2. The molecule has 0 amide bonds. The Kier molecular flexibility index (Phi) is 2.98. The first-order valence-corrected chi connectivity index (χ1v) is 6.53. The number of nitrogens with zero attached hydrogens (tertiary/aromatic N) is 3. The largest absolute Gasteiger partial charge is 0.483 e. The van der Waals surface area contributed by atoms with Crippen molar-refractivity contribution in [1.29, 1.82) is 0 Å². The number of nitro groups is 1. The van der Waals surface area contributed by atoms with E-state index in [0.29, 0.717) is 10.3 Å². The van der Waals surface area contributed by atoms with Crippen molar-refractivity contribution in [2.75, 3.05) is 6.26 Å². The second-order valence-electron chi connectivity index (χ2n) is 3.59. The van der Waals surface area contributed by atoms with Gasteiger partial charge in [0.2, 0.25) is 5.82 Å². The van der Waals surface area contributed by atoms with Crippen LogP contribution in [0.2, 0.25) is 0 Å². The van der Waals surface area contributed by atoms with Gasteiger partial charge in [-0.3, -0.25) is 0 Å². The van der Waals surface area contributed by atoms with Crippen LogP contribution in [0.5, 0.6) is 5.75 Å². The van der Waals surface area contributed by atoms with Crippen molar-refractivity contribution in [1.82, 2.24) is 9.55 Å². The van der Waals surface area contributed by atoms with Crippen molar-refractivity contribution in [3.8, 4) is 5.75 Å². The second-order valence-corrected chi connectivity index (χ2v) is 4.47. The number of ether oxygens (including phenoxy) is 1. The highest BCUT2D eigenvalue weighted by Crippen LogP contribution is 2.20. The summed E-state index contributed by atoms with van der Waals surface area (Å²) >= 11 is 1.58.